The second kappa shape index (κ2) is 13.8. The van der Waals surface area contributed by atoms with E-state index >= 15 is 0 Å². The van der Waals surface area contributed by atoms with Gasteiger partial charge < -0.3 is 18.9 Å². The molecule has 2 N–H and O–H groups in total. The zero-order valence-corrected chi connectivity index (χ0v) is 22.6. The van der Waals surface area contributed by atoms with Gasteiger partial charge in [0.2, 0.25) is 11.9 Å². The van der Waals surface area contributed by atoms with Gasteiger partial charge in [-0.15, -0.1) is 0 Å². The summed E-state index contributed by atoms with van der Waals surface area (Å²) in [7, 11) is 0. The first-order valence-corrected chi connectivity index (χ1v) is 13.0. The first-order chi connectivity index (χ1) is 18.6. The van der Waals surface area contributed by atoms with Crippen molar-refractivity contribution in [2.24, 2.45) is 0 Å². The third-order valence-electron chi connectivity index (χ3n) is 6.06. The number of nitrogens with zero attached hydrogens (tertiary/aromatic N) is 3. The zero-order valence-electron chi connectivity index (χ0n) is 22.6. The van der Waals surface area contributed by atoms with E-state index in [2.05, 4.69) is 27.2 Å². The predicted molar refractivity (Wildman–Crippen MR) is 136 cm³/mol. The Morgan fingerprint density at radius 3 is 2.33 bits per heavy atom. The van der Waals surface area contributed by atoms with Gasteiger partial charge in [0.05, 0.1) is 6.33 Å². The number of imidazole rings is 1. The molecule has 3 heterocycles. The van der Waals surface area contributed by atoms with Gasteiger partial charge in [0.25, 0.3) is 5.56 Å². The van der Waals surface area contributed by atoms with Crippen LogP contribution in [0.2, 0.25) is 0 Å². The summed E-state index contributed by atoms with van der Waals surface area (Å²) >= 11 is 0. The number of carbonyl (C=O) groups is 4. The normalized spacial score (nSPS) is 20.5. The molecular weight excluding hydrogens is 514 g/mol. The van der Waals surface area contributed by atoms with Gasteiger partial charge in [-0.05, 0) is 6.42 Å². The van der Waals surface area contributed by atoms with Crippen LogP contribution in [0.3, 0.4) is 0 Å². The highest BCUT2D eigenvalue weighted by Gasteiger charge is 2.51. The summed E-state index contributed by atoms with van der Waals surface area (Å²) in [5, 5.41) is 2.60. The van der Waals surface area contributed by atoms with Crippen LogP contribution in [0.5, 0.6) is 0 Å². The summed E-state index contributed by atoms with van der Waals surface area (Å²) in [4.78, 5) is 71.2. The first-order valence-electron chi connectivity index (χ1n) is 13.0. The Morgan fingerprint density at radius 1 is 1.00 bits per heavy atom. The predicted octanol–water partition coefficient (Wildman–Crippen LogP) is 2.13. The lowest BCUT2D eigenvalue weighted by atomic mass is 10.1. The van der Waals surface area contributed by atoms with Gasteiger partial charge in [0.1, 0.15) is 12.7 Å². The maximum atomic E-state index is 12.7. The minimum Gasteiger partial charge on any atom is -0.463 e. The molecule has 0 aliphatic carbocycles. The van der Waals surface area contributed by atoms with E-state index in [9.17, 15) is 24.0 Å². The van der Waals surface area contributed by atoms with Crippen molar-refractivity contribution in [3.05, 3.63) is 16.7 Å². The third-order valence-corrected chi connectivity index (χ3v) is 6.06. The van der Waals surface area contributed by atoms with Gasteiger partial charge >= 0.3 is 17.9 Å². The van der Waals surface area contributed by atoms with Crippen LogP contribution in [-0.4, -0.2) is 68.3 Å². The average Bonchev–Trinajstić information content (AvgIpc) is 3.41. The fourth-order valence-electron chi connectivity index (χ4n) is 4.35. The van der Waals surface area contributed by atoms with E-state index in [1.807, 2.05) is 0 Å². The standard InChI is InChI=1S/C25H35N5O9/c1-5-6-7-8-9-10-11-18(34)27-25-28-22-19(23(35)29-25)26-13-30(22)24-21(38-16(4)33)20(37-15(3)32)17(39-24)12-36-14(2)31/h13,17,20-21,24H,5-12H2,1-4H3,(H2,27,28,29,34,35)/t17-,20+,21-,24-/m0/s1. The zero-order chi connectivity index (χ0) is 28.5. The van der Waals surface area contributed by atoms with Crippen LogP contribution in [-0.2, 0) is 38.1 Å². The summed E-state index contributed by atoms with van der Waals surface area (Å²) in [6, 6.07) is 0. The maximum Gasteiger partial charge on any atom is 0.303 e. The molecule has 1 aliphatic heterocycles. The lowest BCUT2D eigenvalue weighted by Crippen LogP contribution is -2.40. The molecule has 1 saturated heterocycles. The van der Waals surface area contributed by atoms with Gasteiger partial charge in [-0.3, -0.25) is 38.8 Å². The molecule has 1 fully saturated rings. The molecular formula is C25H35N5O9. The number of H-pyrrole nitrogens is 1. The minimum absolute atomic E-state index is 0.0329. The van der Waals surface area contributed by atoms with E-state index in [4.69, 9.17) is 18.9 Å². The van der Waals surface area contributed by atoms with Gasteiger partial charge in [-0.25, -0.2) is 4.98 Å². The van der Waals surface area contributed by atoms with Crippen LogP contribution in [0.15, 0.2) is 11.1 Å². The van der Waals surface area contributed by atoms with Crippen molar-refractivity contribution < 1.29 is 38.1 Å². The molecule has 0 radical (unpaired) electrons. The Balaban J connectivity index is 1.86. The molecule has 2 aromatic rings. The molecule has 0 saturated carbocycles. The highest BCUT2D eigenvalue weighted by Crippen LogP contribution is 2.35. The maximum absolute atomic E-state index is 12.7. The van der Waals surface area contributed by atoms with E-state index in [-0.39, 0.29) is 36.0 Å². The molecule has 1 amide bonds. The van der Waals surface area contributed by atoms with Crippen LogP contribution in [0.4, 0.5) is 5.95 Å². The molecule has 0 spiro atoms. The summed E-state index contributed by atoms with van der Waals surface area (Å²) in [5.41, 5.74) is -0.629. The van der Waals surface area contributed by atoms with Crippen molar-refractivity contribution in [2.75, 3.05) is 11.9 Å². The molecule has 0 bridgehead atoms. The largest absolute Gasteiger partial charge is 0.463 e. The number of unbranched alkanes of at least 4 members (excludes halogenated alkanes) is 5. The molecule has 3 rings (SSSR count). The number of ether oxygens (including phenoxy) is 4. The number of nitrogens with one attached hydrogen (secondary N) is 2. The molecule has 14 nitrogen and oxygen atoms in total. The number of aromatic nitrogens is 4. The Labute approximate surface area is 224 Å². The van der Waals surface area contributed by atoms with Crippen molar-refractivity contribution in [3.8, 4) is 0 Å². The highest BCUT2D eigenvalue weighted by atomic mass is 16.7. The van der Waals surface area contributed by atoms with Crippen molar-refractivity contribution in [1.82, 2.24) is 19.5 Å². The van der Waals surface area contributed by atoms with Gasteiger partial charge in [0.15, 0.2) is 29.6 Å². The van der Waals surface area contributed by atoms with Gasteiger partial charge in [-0.1, -0.05) is 39.0 Å². The lowest BCUT2D eigenvalue weighted by Gasteiger charge is -2.23. The molecule has 1 aliphatic rings. The SMILES string of the molecule is CCCCCCCCC(=O)Nc1nc2c(ncn2[C@H]2O[C@@H](COC(C)=O)[C@@H](OC(C)=O)[C@@H]2OC(C)=O)c(=O)[nH]1. The molecule has 0 aromatic carbocycles. The molecule has 2 aromatic heterocycles. The second-order valence-electron chi connectivity index (χ2n) is 9.32. The van der Waals surface area contributed by atoms with E-state index in [0.717, 1.165) is 25.7 Å². The Kier molecular flexibility index (Phi) is 10.5. The Bertz CT molecular complexity index is 1240. The number of hydrogen-bond acceptors (Lipinski definition) is 11. The number of hydrogen-bond donors (Lipinski definition) is 2. The summed E-state index contributed by atoms with van der Waals surface area (Å²) in [5.74, 6) is -2.33. The number of amides is 1. The topological polar surface area (TPSA) is 181 Å². The number of carbonyl (C=O) groups excluding carboxylic acids is 4. The van der Waals surface area contributed by atoms with Crippen molar-refractivity contribution in [3.63, 3.8) is 0 Å². The van der Waals surface area contributed by atoms with Crippen LogP contribution in [0.1, 0.15) is 78.9 Å². The fourth-order valence-corrected chi connectivity index (χ4v) is 4.35. The van der Waals surface area contributed by atoms with E-state index < -0.39 is 48.0 Å². The molecule has 0 unspecified atom stereocenters. The van der Waals surface area contributed by atoms with E-state index in [0.29, 0.717) is 6.42 Å². The molecule has 39 heavy (non-hydrogen) atoms. The number of esters is 3. The quantitative estimate of drug-likeness (QED) is 0.212. The van der Waals surface area contributed by atoms with Crippen molar-refractivity contribution >= 4 is 40.9 Å². The monoisotopic (exact) mass is 549 g/mol. The van der Waals surface area contributed by atoms with Crippen LogP contribution in [0, 0.1) is 0 Å². The molecule has 4 atom stereocenters. The van der Waals surface area contributed by atoms with Crippen molar-refractivity contribution in [2.45, 2.75) is 97.2 Å². The number of aromatic amines is 1. The minimum atomic E-state index is -1.18. The first kappa shape index (κ1) is 29.7. The van der Waals surface area contributed by atoms with E-state index in [1.54, 1.807) is 0 Å². The summed E-state index contributed by atoms with van der Waals surface area (Å²) < 4.78 is 23.2. The number of rotatable bonds is 13. The number of anilines is 1. The second-order valence-corrected chi connectivity index (χ2v) is 9.32. The van der Waals surface area contributed by atoms with Crippen LogP contribution in [0.25, 0.3) is 11.2 Å². The molecule has 214 valence electrons. The Morgan fingerprint density at radius 2 is 1.67 bits per heavy atom. The van der Waals surface area contributed by atoms with Crippen LogP contribution < -0.4 is 10.9 Å². The lowest BCUT2D eigenvalue weighted by molar-refractivity contribution is -0.166. The third kappa shape index (κ3) is 8.09. The Hall–Kier alpha value is -3.81. The van der Waals surface area contributed by atoms with Gasteiger partial charge in [-0.2, -0.15) is 4.98 Å². The smallest absolute Gasteiger partial charge is 0.303 e. The summed E-state index contributed by atoms with van der Waals surface area (Å²) in [6.07, 6.45) is 3.20. The highest BCUT2D eigenvalue weighted by molar-refractivity contribution is 5.89. The van der Waals surface area contributed by atoms with Crippen molar-refractivity contribution in [1.29, 1.82) is 0 Å². The summed E-state index contributed by atoms with van der Waals surface area (Å²) in [6.45, 7) is 5.40. The van der Waals surface area contributed by atoms with E-state index in [1.165, 1.54) is 38.1 Å². The van der Waals surface area contributed by atoms with Gasteiger partial charge in [0, 0.05) is 27.2 Å². The van der Waals surface area contributed by atoms with Crippen LogP contribution >= 0.6 is 0 Å². The average molecular weight is 550 g/mol. The molecule has 14 heteroatoms. The number of fused-ring (bicyclic) bond motifs is 1. The fraction of sp³-hybridized carbons (Fsp3) is 0.640.